The van der Waals surface area contributed by atoms with E-state index in [4.69, 9.17) is 14.5 Å². The van der Waals surface area contributed by atoms with Crippen molar-refractivity contribution in [2.24, 2.45) is 0 Å². The Bertz CT molecular complexity index is 1530. The molecule has 0 aromatic carbocycles. The highest BCUT2D eigenvalue weighted by molar-refractivity contribution is 5.68. The van der Waals surface area contributed by atoms with Crippen molar-refractivity contribution >= 4 is 11.5 Å². The van der Waals surface area contributed by atoms with E-state index in [9.17, 15) is 14.8 Å². The molecule has 4 aromatic rings. The van der Waals surface area contributed by atoms with Crippen LogP contribution in [0.4, 0.5) is 10.2 Å². The van der Waals surface area contributed by atoms with Crippen molar-refractivity contribution in [3.63, 3.8) is 0 Å². The van der Waals surface area contributed by atoms with E-state index in [1.807, 2.05) is 18.2 Å². The average molecular weight is 557 g/mol. The monoisotopic (exact) mass is 556 g/mol. The van der Waals surface area contributed by atoms with Gasteiger partial charge < -0.3 is 19.5 Å². The van der Waals surface area contributed by atoms with Gasteiger partial charge in [-0.2, -0.15) is 5.26 Å². The van der Waals surface area contributed by atoms with Crippen molar-refractivity contribution in [2.45, 2.75) is 51.0 Å². The van der Waals surface area contributed by atoms with Crippen molar-refractivity contribution < 1.29 is 19.0 Å². The molecule has 1 aliphatic rings. The molecule has 5 rings (SSSR count). The van der Waals surface area contributed by atoms with E-state index in [-0.39, 0.29) is 19.1 Å². The van der Waals surface area contributed by atoms with E-state index in [0.717, 1.165) is 43.0 Å². The van der Waals surface area contributed by atoms with Gasteiger partial charge in [-0.3, -0.25) is 9.38 Å². The van der Waals surface area contributed by atoms with Crippen LogP contribution in [0.2, 0.25) is 0 Å². The standard InChI is InChI=1S/C31H33FN6O3/c1-4-5-26(32)27-8-7-24(19-34-27)41-23-10-12-37(13-11-23)29-9-6-21(17-35-29)28-14-25(40-20-31(2,3)39)15-30-36-18-22(16-33)38(28)30/h4,6-9,14-15,17-19,23,26,39H,1,5,10-13,20H2,2-3H3. The molecule has 9 nitrogen and oxygen atoms in total. The largest absolute Gasteiger partial charge is 0.490 e. The smallest absolute Gasteiger partial charge is 0.145 e. The van der Waals surface area contributed by atoms with E-state index in [0.29, 0.717) is 28.5 Å². The number of fused-ring (bicyclic) bond motifs is 1. The lowest BCUT2D eigenvalue weighted by molar-refractivity contribution is 0.0285. The zero-order valence-electron chi connectivity index (χ0n) is 23.2. The van der Waals surface area contributed by atoms with Crippen LogP contribution < -0.4 is 14.4 Å². The fraction of sp³-hybridized carbons (Fsp3) is 0.355. The number of allylic oxidation sites excluding steroid dienone is 1. The number of aliphatic hydroxyl groups is 1. The van der Waals surface area contributed by atoms with Gasteiger partial charge in [-0.1, -0.05) is 6.08 Å². The number of halogens is 1. The van der Waals surface area contributed by atoms with Gasteiger partial charge in [-0.15, -0.1) is 6.58 Å². The molecule has 0 bridgehead atoms. The van der Waals surface area contributed by atoms with Crippen molar-refractivity contribution in [1.29, 1.82) is 5.26 Å². The van der Waals surface area contributed by atoms with Crippen LogP contribution >= 0.6 is 0 Å². The number of hydrogen-bond acceptors (Lipinski definition) is 8. The minimum atomic E-state index is -1.15. The number of ether oxygens (including phenoxy) is 2. The van der Waals surface area contributed by atoms with Gasteiger partial charge in [0.05, 0.1) is 29.4 Å². The lowest BCUT2D eigenvalue weighted by Gasteiger charge is -2.33. The quantitative estimate of drug-likeness (QED) is 0.257. The Kier molecular flexibility index (Phi) is 8.17. The molecule has 4 aromatic heterocycles. The van der Waals surface area contributed by atoms with E-state index in [1.54, 1.807) is 54.9 Å². The highest BCUT2D eigenvalue weighted by Crippen LogP contribution is 2.30. The Morgan fingerprint density at radius 2 is 1.93 bits per heavy atom. The van der Waals surface area contributed by atoms with E-state index < -0.39 is 11.8 Å². The fourth-order valence-corrected chi connectivity index (χ4v) is 4.76. The highest BCUT2D eigenvalue weighted by Gasteiger charge is 2.23. The summed E-state index contributed by atoms with van der Waals surface area (Å²) in [7, 11) is 0. The molecule has 0 amide bonds. The summed E-state index contributed by atoms with van der Waals surface area (Å²) in [4.78, 5) is 15.5. The minimum absolute atomic E-state index is 0.0399. The molecule has 1 saturated heterocycles. The summed E-state index contributed by atoms with van der Waals surface area (Å²) in [5, 5.41) is 19.7. The maximum atomic E-state index is 14.0. The molecule has 1 aliphatic heterocycles. The summed E-state index contributed by atoms with van der Waals surface area (Å²) < 4.78 is 27.7. The van der Waals surface area contributed by atoms with Crippen LogP contribution in [-0.4, -0.2) is 55.9 Å². The first-order valence-electron chi connectivity index (χ1n) is 13.6. The molecule has 0 saturated carbocycles. The number of anilines is 1. The van der Waals surface area contributed by atoms with Crippen molar-refractivity contribution in [1.82, 2.24) is 19.4 Å². The predicted octanol–water partition coefficient (Wildman–Crippen LogP) is 5.45. The van der Waals surface area contributed by atoms with E-state index in [1.165, 1.54) is 6.20 Å². The van der Waals surface area contributed by atoms with Gasteiger partial charge >= 0.3 is 0 Å². The fourth-order valence-electron chi connectivity index (χ4n) is 4.76. The van der Waals surface area contributed by atoms with Crippen LogP contribution in [0.1, 0.15) is 50.7 Å². The number of piperidine rings is 1. The number of hydrogen-bond donors (Lipinski definition) is 1. The first-order chi connectivity index (χ1) is 19.7. The maximum absolute atomic E-state index is 14.0. The Morgan fingerprint density at radius 1 is 1.12 bits per heavy atom. The van der Waals surface area contributed by atoms with Crippen LogP contribution in [-0.2, 0) is 0 Å². The predicted molar refractivity (Wildman–Crippen MR) is 154 cm³/mol. The molecular formula is C31H33FN6O3. The number of pyridine rings is 3. The van der Waals surface area contributed by atoms with E-state index >= 15 is 0 Å². The highest BCUT2D eigenvalue weighted by atomic mass is 19.1. The molecule has 0 aliphatic carbocycles. The summed E-state index contributed by atoms with van der Waals surface area (Å²) in [5.74, 6) is 2.03. The Morgan fingerprint density at radius 3 is 2.56 bits per heavy atom. The zero-order chi connectivity index (χ0) is 29.0. The first kappa shape index (κ1) is 28.1. The third-order valence-electron chi connectivity index (χ3n) is 6.85. The van der Waals surface area contributed by atoms with Crippen LogP contribution in [0.3, 0.4) is 0 Å². The summed E-state index contributed by atoms with van der Waals surface area (Å²) in [6.07, 6.45) is 7.19. The molecule has 0 radical (unpaired) electrons. The molecule has 41 heavy (non-hydrogen) atoms. The SMILES string of the molecule is C=CCC(F)c1ccc(OC2CCN(c3ccc(-c4cc(OCC(C)(C)O)cc5ncc(C#N)n45)cn3)CC2)cn1. The van der Waals surface area contributed by atoms with Crippen molar-refractivity contribution in [2.75, 3.05) is 24.6 Å². The van der Waals surface area contributed by atoms with Crippen LogP contribution in [0.25, 0.3) is 16.9 Å². The van der Waals surface area contributed by atoms with Crippen LogP contribution in [0, 0.1) is 11.3 Å². The normalized spacial score (nSPS) is 15.0. The topological polar surface area (TPSA) is 109 Å². The molecule has 0 spiro atoms. The number of rotatable bonds is 10. The van der Waals surface area contributed by atoms with Crippen LogP contribution in [0.15, 0.2) is 67.6 Å². The lowest BCUT2D eigenvalue weighted by atomic mass is 10.1. The summed E-state index contributed by atoms with van der Waals surface area (Å²) >= 11 is 0. The summed E-state index contributed by atoms with van der Waals surface area (Å²) in [6, 6.07) is 13.1. The molecule has 1 N–H and O–H groups in total. The lowest BCUT2D eigenvalue weighted by Crippen LogP contribution is -2.38. The maximum Gasteiger partial charge on any atom is 0.145 e. The number of imidazole rings is 1. The number of nitrogens with zero attached hydrogens (tertiary/aromatic N) is 6. The van der Waals surface area contributed by atoms with Gasteiger partial charge in [0, 0.05) is 56.2 Å². The minimum Gasteiger partial charge on any atom is -0.490 e. The Labute approximate surface area is 238 Å². The van der Waals surface area contributed by atoms with Gasteiger partial charge in [0.2, 0.25) is 0 Å². The second-order valence-electron chi connectivity index (χ2n) is 10.7. The molecule has 212 valence electrons. The Balaban J connectivity index is 1.26. The van der Waals surface area contributed by atoms with Gasteiger partial charge in [-0.05, 0) is 38.1 Å². The second-order valence-corrected chi connectivity index (χ2v) is 10.7. The first-order valence-corrected chi connectivity index (χ1v) is 13.6. The molecule has 5 heterocycles. The van der Waals surface area contributed by atoms with Gasteiger partial charge in [-0.25, -0.2) is 14.4 Å². The molecule has 10 heteroatoms. The second kappa shape index (κ2) is 11.9. The Hall–Kier alpha value is -4.49. The molecule has 1 unspecified atom stereocenters. The molecular weight excluding hydrogens is 523 g/mol. The van der Waals surface area contributed by atoms with Gasteiger partial charge in [0.1, 0.15) is 53.6 Å². The third-order valence-corrected chi connectivity index (χ3v) is 6.85. The van der Waals surface area contributed by atoms with Gasteiger partial charge in [0.25, 0.3) is 0 Å². The molecule has 1 atom stereocenters. The van der Waals surface area contributed by atoms with Crippen molar-refractivity contribution in [3.05, 3.63) is 79.0 Å². The summed E-state index contributed by atoms with van der Waals surface area (Å²) in [5.41, 5.74) is 1.89. The average Bonchev–Trinajstić information content (AvgIpc) is 3.39. The van der Waals surface area contributed by atoms with E-state index in [2.05, 4.69) is 27.5 Å². The molecule has 1 fully saturated rings. The zero-order valence-corrected chi connectivity index (χ0v) is 23.2. The number of aromatic nitrogens is 4. The van der Waals surface area contributed by atoms with Crippen LogP contribution in [0.5, 0.6) is 11.5 Å². The third kappa shape index (κ3) is 6.64. The number of alkyl halides is 1. The van der Waals surface area contributed by atoms with Gasteiger partial charge in [0.15, 0.2) is 0 Å². The number of nitriles is 1. The summed E-state index contributed by atoms with van der Waals surface area (Å²) in [6.45, 7) is 8.59. The van der Waals surface area contributed by atoms with Crippen molar-refractivity contribution in [3.8, 4) is 28.8 Å².